The van der Waals surface area contributed by atoms with Crippen LogP contribution in [0.15, 0.2) is 0 Å². The van der Waals surface area contributed by atoms with Crippen LogP contribution in [0.3, 0.4) is 0 Å². The lowest BCUT2D eigenvalue weighted by molar-refractivity contribution is -0.141. The summed E-state index contributed by atoms with van der Waals surface area (Å²) < 4.78 is 47.5. The maximum absolute atomic E-state index is 12.4. The molecule has 1 heterocycles. The van der Waals surface area contributed by atoms with Gasteiger partial charge >= 0.3 is 5.97 Å². The van der Waals surface area contributed by atoms with Gasteiger partial charge < -0.3 is 10.4 Å². The van der Waals surface area contributed by atoms with Gasteiger partial charge in [0.05, 0.1) is 5.75 Å². The Bertz CT molecular complexity index is 407. The summed E-state index contributed by atoms with van der Waals surface area (Å²) in [6.45, 7) is 0. The number of hydrogen-bond donors (Lipinski definition) is 2. The minimum atomic E-state index is -4.30. The minimum Gasteiger partial charge on any atom is -0.480 e. The molecular formula is C7H9F2NO5S. The molecule has 9 heteroatoms. The Kier molecular flexibility index (Phi) is 3.46. The molecule has 0 aromatic rings. The Hall–Kier alpha value is -1.25. The summed E-state index contributed by atoms with van der Waals surface area (Å²) in [6.07, 6.45) is -4.12. The van der Waals surface area contributed by atoms with Crippen LogP contribution in [0.4, 0.5) is 8.78 Å². The number of carboxylic acids is 1. The number of nitrogens with one attached hydrogen (secondary N) is 1. The van der Waals surface area contributed by atoms with Gasteiger partial charge in [-0.15, -0.1) is 0 Å². The molecule has 1 fully saturated rings. The van der Waals surface area contributed by atoms with Crippen molar-refractivity contribution < 1.29 is 31.9 Å². The van der Waals surface area contributed by atoms with Crippen molar-refractivity contribution in [3.63, 3.8) is 0 Å². The van der Waals surface area contributed by atoms with Crippen molar-refractivity contribution in [2.24, 2.45) is 0 Å². The highest BCUT2D eigenvalue weighted by atomic mass is 32.2. The van der Waals surface area contributed by atoms with Crippen LogP contribution in [-0.4, -0.2) is 48.9 Å². The molecule has 16 heavy (non-hydrogen) atoms. The van der Waals surface area contributed by atoms with E-state index >= 15 is 0 Å². The number of carbonyl (C=O) groups excluding carboxylic acids is 1. The molecule has 0 spiro atoms. The molecule has 1 amide bonds. The van der Waals surface area contributed by atoms with Gasteiger partial charge in [0.25, 0.3) is 6.43 Å². The zero-order valence-corrected chi connectivity index (χ0v) is 8.71. The normalized spacial score (nSPS) is 29.6. The van der Waals surface area contributed by atoms with E-state index in [-0.39, 0.29) is 0 Å². The Morgan fingerprint density at radius 1 is 1.50 bits per heavy atom. The summed E-state index contributed by atoms with van der Waals surface area (Å²) in [5.74, 6) is -3.58. The SMILES string of the molecule is O=C1CC(C(F)F)S(=O)(=O)CC(C(=O)O)N1. The zero-order chi connectivity index (χ0) is 12.5. The van der Waals surface area contributed by atoms with E-state index < -0.39 is 51.6 Å². The van der Waals surface area contributed by atoms with Gasteiger partial charge in [-0.25, -0.2) is 22.0 Å². The van der Waals surface area contributed by atoms with Gasteiger partial charge in [-0.2, -0.15) is 0 Å². The van der Waals surface area contributed by atoms with E-state index in [1.807, 2.05) is 5.32 Å². The summed E-state index contributed by atoms with van der Waals surface area (Å²) in [4.78, 5) is 21.6. The van der Waals surface area contributed by atoms with Crippen LogP contribution in [0.2, 0.25) is 0 Å². The number of aliphatic carboxylic acids is 1. The van der Waals surface area contributed by atoms with E-state index in [0.717, 1.165) is 0 Å². The Morgan fingerprint density at radius 2 is 2.06 bits per heavy atom. The van der Waals surface area contributed by atoms with Crippen molar-refractivity contribution in [1.82, 2.24) is 5.32 Å². The molecule has 0 aromatic carbocycles. The van der Waals surface area contributed by atoms with E-state index in [4.69, 9.17) is 5.11 Å². The monoisotopic (exact) mass is 257 g/mol. The molecule has 6 nitrogen and oxygen atoms in total. The van der Waals surface area contributed by atoms with E-state index in [0.29, 0.717) is 0 Å². The van der Waals surface area contributed by atoms with E-state index in [9.17, 15) is 26.8 Å². The van der Waals surface area contributed by atoms with Gasteiger partial charge in [-0.1, -0.05) is 0 Å². The third kappa shape index (κ3) is 2.65. The van der Waals surface area contributed by atoms with E-state index in [2.05, 4.69) is 0 Å². The van der Waals surface area contributed by atoms with E-state index in [1.165, 1.54) is 0 Å². The number of carboxylic acid groups (broad SMARTS) is 1. The number of hydrogen-bond acceptors (Lipinski definition) is 4. The maximum atomic E-state index is 12.4. The number of rotatable bonds is 2. The average Bonchev–Trinajstić information content (AvgIpc) is 2.22. The smallest absolute Gasteiger partial charge is 0.327 e. The highest BCUT2D eigenvalue weighted by Gasteiger charge is 2.42. The van der Waals surface area contributed by atoms with Gasteiger partial charge in [-0.3, -0.25) is 4.79 Å². The number of halogens is 2. The largest absolute Gasteiger partial charge is 0.480 e. The van der Waals surface area contributed by atoms with Crippen molar-refractivity contribution in [1.29, 1.82) is 0 Å². The molecular weight excluding hydrogens is 248 g/mol. The molecule has 0 aromatic heterocycles. The van der Waals surface area contributed by atoms with Gasteiger partial charge in [0.2, 0.25) is 5.91 Å². The molecule has 1 aliphatic rings. The van der Waals surface area contributed by atoms with Crippen LogP contribution in [0.25, 0.3) is 0 Å². The van der Waals surface area contributed by atoms with Crippen LogP contribution in [0, 0.1) is 0 Å². The maximum Gasteiger partial charge on any atom is 0.327 e. The lowest BCUT2D eigenvalue weighted by Gasteiger charge is -2.12. The van der Waals surface area contributed by atoms with Crippen molar-refractivity contribution >= 4 is 21.7 Å². The first-order valence-electron chi connectivity index (χ1n) is 4.26. The summed E-state index contributed by atoms with van der Waals surface area (Å²) in [5, 5.41) is 8.31. The molecule has 2 unspecified atom stereocenters. The Balaban J connectivity index is 3.05. The van der Waals surface area contributed by atoms with Crippen molar-refractivity contribution in [3.05, 3.63) is 0 Å². The van der Waals surface area contributed by atoms with Gasteiger partial charge in [-0.05, 0) is 0 Å². The molecule has 1 rings (SSSR count). The van der Waals surface area contributed by atoms with Crippen molar-refractivity contribution in [2.75, 3.05) is 5.75 Å². The third-order valence-electron chi connectivity index (χ3n) is 2.16. The second kappa shape index (κ2) is 4.32. The molecule has 0 bridgehead atoms. The topological polar surface area (TPSA) is 101 Å². The van der Waals surface area contributed by atoms with Crippen LogP contribution in [0.5, 0.6) is 0 Å². The number of carbonyl (C=O) groups is 2. The van der Waals surface area contributed by atoms with Crippen LogP contribution >= 0.6 is 0 Å². The second-order valence-electron chi connectivity index (χ2n) is 3.36. The summed E-state index contributed by atoms with van der Waals surface area (Å²) in [6, 6.07) is -1.67. The minimum absolute atomic E-state index is 0.913. The lowest BCUT2D eigenvalue weighted by Crippen LogP contribution is -2.42. The number of alkyl halides is 2. The lowest BCUT2D eigenvalue weighted by atomic mass is 10.2. The average molecular weight is 257 g/mol. The molecule has 1 aliphatic heterocycles. The van der Waals surface area contributed by atoms with Crippen LogP contribution in [0.1, 0.15) is 6.42 Å². The van der Waals surface area contributed by atoms with Gasteiger partial charge in [0.15, 0.2) is 9.84 Å². The van der Waals surface area contributed by atoms with Crippen LogP contribution in [-0.2, 0) is 19.4 Å². The predicted octanol–water partition coefficient (Wildman–Crippen LogP) is -0.992. The van der Waals surface area contributed by atoms with Crippen molar-refractivity contribution in [3.8, 4) is 0 Å². The number of amides is 1. The summed E-state index contributed by atoms with van der Waals surface area (Å²) in [5.41, 5.74) is 0. The highest BCUT2D eigenvalue weighted by molar-refractivity contribution is 7.92. The molecule has 0 radical (unpaired) electrons. The predicted molar refractivity (Wildman–Crippen MR) is 47.8 cm³/mol. The number of sulfone groups is 1. The van der Waals surface area contributed by atoms with Gasteiger partial charge in [0.1, 0.15) is 11.3 Å². The fourth-order valence-electron chi connectivity index (χ4n) is 1.34. The molecule has 92 valence electrons. The highest BCUT2D eigenvalue weighted by Crippen LogP contribution is 2.19. The fourth-order valence-corrected chi connectivity index (χ4v) is 3.00. The second-order valence-corrected chi connectivity index (χ2v) is 5.63. The first kappa shape index (κ1) is 12.8. The first-order chi connectivity index (χ1) is 7.24. The Morgan fingerprint density at radius 3 is 2.50 bits per heavy atom. The third-order valence-corrected chi connectivity index (χ3v) is 4.25. The quantitative estimate of drug-likeness (QED) is 0.661. The fraction of sp³-hybridized carbons (Fsp3) is 0.714. The molecule has 2 N–H and O–H groups in total. The zero-order valence-electron chi connectivity index (χ0n) is 7.89. The van der Waals surface area contributed by atoms with Crippen molar-refractivity contribution in [2.45, 2.75) is 24.1 Å². The van der Waals surface area contributed by atoms with Gasteiger partial charge in [0, 0.05) is 6.42 Å². The Labute approximate surface area is 89.5 Å². The van der Waals surface area contributed by atoms with E-state index in [1.54, 1.807) is 0 Å². The summed E-state index contributed by atoms with van der Waals surface area (Å²) in [7, 11) is -4.30. The molecule has 1 saturated heterocycles. The molecule has 2 atom stereocenters. The molecule has 0 aliphatic carbocycles. The molecule has 0 saturated carbocycles. The van der Waals surface area contributed by atoms with Crippen LogP contribution < -0.4 is 5.32 Å². The first-order valence-corrected chi connectivity index (χ1v) is 5.97. The standard InChI is InChI=1S/C7H9F2NO5S/c8-6(9)4-1-5(11)10-3(7(12)13)2-16(4,14)15/h3-4,6H,1-2H2,(H,10,11)(H,12,13). The summed E-state index contributed by atoms with van der Waals surface area (Å²) >= 11 is 0.